The van der Waals surface area contributed by atoms with Crippen molar-refractivity contribution in [1.82, 2.24) is 9.55 Å². The lowest BCUT2D eigenvalue weighted by atomic mass is 9.99. The maximum Gasteiger partial charge on any atom is 0.385 e. The standard InChI is InChI=1S/C10H13N3O3/c1-2-9-11-10(13(15)16)8-4-3-7(6-14)5-12(8)9/h6-7H,2-5H2,1H3. The van der Waals surface area contributed by atoms with E-state index in [9.17, 15) is 14.9 Å². The van der Waals surface area contributed by atoms with Crippen LogP contribution in [0.2, 0.25) is 0 Å². The molecular weight excluding hydrogens is 210 g/mol. The molecule has 1 aliphatic heterocycles. The Labute approximate surface area is 92.4 Å². The summed E-state index contributed by atoms with van der Waals surface area (Å²) >= 11 is 0. The van der Waals surface area contributed by atoms with Crippen LogP contribution in [0.15, 0.2) is 0 Å². The predicted octanol–water partition coefficient (Wildman–Crippen LogP) is 1.11. The molecule has 1 atom stereocenters. The number of imidazole rings is 1. The Kier molecular flexibility index (Phi) is 2.72. The molecule has 0 saturated carbocycles. The van der Waals surface area contributed by atoms with Crippen molar-refractivity contribution in [3.05, 3.63) is 21.6 Å². The van der Waals surface area contributed by atoms with E-state index in [0.29, 0.717) is 37.3 Å². The second kappa shape index (κ2) is 4.03. The lowest BCUT2D eigenvalue weighted by molar-refractivity contribution is -0.390. The number of aldehydes is 1. The minimum absolute atomic E-state index is 0.0356. The molecule has 0 fully saturated rings. The van der Waals surface area contributed by atoms with Crippen LogP contribution in [0.4, 0.5) is 5.82 Å². The van der Waals surface area contributed by atoms with Gasteiger partial charge in [-0.25, -0.2) is 0 Å². The molecule has 6 heteroatoms. The van der Waals surface area contributed by atoms with E-state index in [1.165, 1.54) is 0 Å². The van der Waals surface area contributed by atoms with Gasteiger partial charge in [0.1, 0.15) is 12.0 Å². The van der Waals surface area contributed by atoms with Crippen molar-refractivity contribution < 1.29 is 9.72 Å². The first-order chi connectivity index (χ1) is 7.67. The van der Waals surface area contributed by atoms with Gasteiger partial charge in [-0.2, -0.15) is 0 Å². The Morgan fingerprint density at radius 3 is 3.00 bits per heavy atom. The first-order valence-electron chi connectivity index (χ1n) is 5.35. The van der Waals surface area contributed by atoms with E-state index in [4.69, 9.17) is 0 Å². The van der Waals surface area contributed by atoms with Crippen LogP contribution in [-0.4, -0.2) is 20.8 Å². The van der Waals surface area contributed by atoms with Gasteiger partial charge in [0.05, 0.1) is 0 Å². The van der Waals surface area contributed by atoms with Crippen molar-refractivity contribution in [2.24, 2.45) is 5.92 Å². The van der Waals surface area contributed by atoms with Crippen LogP contribution in [0.1, 0.15) is 24.9 Å². The summed E-state index contributed by atoms with van der Waals surface area (Å²) in [6.07, 6.45) is 2.81. The normalized spacial score (nSPS) is 19.2. The van der Waals surface area contributed by atoms with Gasteiger partial charge in [0.25, 0.3) is 0 Å². The fourth-order valence-corrected chi connectivity index (χ4v) is 2.16. The summed E-state index contributed by atoms with van der Waals surface area (Å²) in [5, 5.41) is 10.8. The Morgan fingerprint density at radius 2 is 2.44 bits per heavy atom. The molecule has 0 amide bonds. The summed E-state index contributed by atoms with van der Waals surface area (Å²) in [5.41, 5.74) is 0.667. The molecular formula is C10H13N3O3. The molecule has 0 saturated heterocycles. The smallest absolute Gasteiger partial charge is 0.358 e. The number of rotatable bonds is 3. The minimum Gasteiger partial charge on any atom is -0.358 e. The first kappa shape index (κ1) is 10.8. The van der Waals surface area contributed by atoms with Crippen LogP contribution in [0.25, 0.3) is 0 Å². The van der Waals surface area contributed by atoms with Crippen LogP contribution < -0.4 is 0 Å². The molecule has 1 unspecified atom stereocenters. The van der Waals surface area contributed by atoms with Crippen molar-refractivity contribution in [2.75, 3.05) is 0 Å². The summed E-state index contributed by atoms with van der Waals surface area (Å²) in [7, 11) is 0. The Hall–Kier alpha value is -1.72. The molecule has 16 heavy (non-hydrogen) atoms. The summed E-state index contributed by atoms with van der Waals surface area (Å²) in [6, 6.07) is 0. The molecule has 6 nitrogen and oxygen atoms in total. The highest BCUT2D eigenvalue weighted by molar-refractivity contribution is 5.54. The average molecular weight is 223 g/mol. The van der Waals surface area contributed by atoms with Crippen LogP contribution in [0.3, 0.4) is 0 Å². The number of aromatic nitrogens is 2. The van der Waals surface area contributed by atoms with Crippen molar-refractivity contribution in [3.8, 4) is 0 Å². The van der Waals surface area contributed by atoms with Gasteiger partial charge in [-0.1, -0.05) is 6.92 Å². The zero-order chi connectivity index (χ0) is 11.7. The molecule has 1 aromatic heterocycles. The second-order valence-corrected chi connectivity index (χ2v) is 3.95. The fourth-order valence-electron chi connectivity index (χ4n) is 2.16. The summed E-state index contributed by atoms with van der Waals surface area (Å²) in [6.45, 7) is 2.44. The van der Waals surface area contributed by atoms with E-state index < -0.39 is 4.92 Å². The average Bonchev–Trinajstić information content (AvgIpc) is 2.66. The number of fused-ring (bicyclic) bond motifs is 1. The second-order valence-electron chi connectivity index (χ2n) is 3.95. The highest BCUT2D eigenvalue weighted by atomic mass is 16.6. The summed E-state index contributed by atoms with van der Waals surface area (Å²) in [5.74, 6) is 0.626. The maximum atomic E-state index is 10.8. The van der Waals surface area contributed by atoms with E-state index >= 15 is 0 Å². The van der Waals surface area contributed by atoms with Gasteiger partial charge in [0.15, 0.2) is 0 Å². The highest BCUT2D eigenvalue weighted by Gasteiger charge is 2.31. The third-order valence-corrected chi connectivity index (χ3v) is 2.98. The largest absolute Gasteiger partial charge is 0.385 e. The van der Waals surface area contributed by atoms with Gasteiger partial charge in [-0.3, -0.25) is 0 Å². The van der Waals surface area contributed by atoms with Gasteiger partial charge in [-0.05, 0) is 22.7 Å². The van der Waals surface area contributed by atoms with Gasteiger partial charge in [-0.15, -0.1) is 0 Å². The lowest BCUT2D eigenvalue weighted by Gasteiger charge is -2.19. The Bertz CT molecular complexity index is 439. The molecule has 0 radical (unpaired) electrons. The first-order valence-corrected chi connectivity index (χ1v) is 5.35. The van der Waals surface area contributed by atoms with Crippen molar-refractivity contribution in [2.45, 2.75) is 32.7 Å². The minimum atomic E-state index is -0.438. The molecule has 1 aliphatic rings. The number of nitrogens with zero attached hydrogens (tertiary/aromatic N) is 3. The molecule has 0 aromatic carbocycles. The van der Waals surface area contributed by atoms with Crippen LogP contribution in [-0.2, 0) is 24.2 Å². The van der Waals surface area contributed by atoms with Crippen molar-refractivity contribution in [3.63, 3.8) is 0 Å². The molecule has 2 rings (SSSR count). The van der Waals surface area contributed by atoms with Crippen LogP contribution in [0.5, 0.6) is 0 Å². The van der Waals surface area contributed by atoms with Crippen LogP contribution in [0, 0.1) is 16.0 Å². The SMILES string of the molecule is CCc1nc([N+](=O)[O-])c2n1CC(C=O)CC2. The van der Waals surface area contributed by atoms with Crippen molar-refractivity contribution >= 4 is 12.1 Å². The fraction of sp³-hybridized carbons (Fsp3) is 0.600. The van der Waals surface area contributed by atoms with E-state index in [1.54, 1.807) is 0 Å². The predicted molar refractivity (Wildman–Crippen MR) is 56.1 cm³/mol. The molecule has 0 spiro atoms. The number of aryl methyl sites for hydroxylation is 1. The number of hydrogen-bond acceptors (Lipinski definition) is 4. The zero-order valence-electron chi connectivity index (χ0n) is 9.05. The third kappa shape index (κ3) is 1.60. The highest BCUT2D eigenvalue weighted by Crippen LogP contribution is 2.28. The Morgan fingerprint density at radius 1 is 1.69 bits per heavy atom. The van der Waals surface area contributed by atoms with Gasteiger partial charge in [0, 0.05) is 18.9 Å². The topological polar surface area (TPSA) is 78.0 Å². The Balaban J connectivity index is 2.46. The maximum absolute atomic E-state index is 10.8. The van der Waals surface area contributed by atoms with Crippen molar-refractivity contribution in [1.29, 1.82) is 0 Å². The quantitative estimate of drug-likeness (QED) is 0.437. The summed E-state index contributed by atoms with van der Waals surface area (Å²) < 4.78 is 1.83. The summed E-state index contributed by atoms with van der Waals surface area (Å²) in [4.78, 5) is 25.1. The van der Waals surface area contributed by atoms with E-state index in [1.807, 2.05) is 11.5 Å². The van der Waals surface area contributed by atoms with Gasteiger partial charge >= 0.3 is 5.82 Å². The lowest BCUT2D eigenvalue weighted by Crippen LogP contribution is -2.22. The number of nitro groups is 1. The van der Waals surface area contributed by atoms with Gasteiger partial charge in [0.2, 0.25) is 5.82 Å². The molecule has 2 heterocycles. The molecule has 86 valence electrons. The van der Waals surface area contributed by atoms with E-state index in [-0.39, 0.29) is 11.7 Å². The van der Waals surface area contributed by atoms with Gasteiger partial charge < -0.3 is 19.5 Å². The van der Waals surface area contributed by atoms with E-state index in [0.717, 1.165) is 6.29 Å². The molecule has 1 aromatic rings. The number of hydrogen-bond donors (Lipinski definition) is 0. The monoisotopic (exact) mass is 223 g/mol. The molecule has 0 aliphatic carbocycles. The zero-order valence-corrected chi connectivity index (χ0v) is 9.05. The molecule has 0 bridgehead atoms. The van der Waals surface area contributed by atoms with E-state index in [2.05, 4.69) is 4.98 Å². The third-order valence-electron chi connectivity index (χ3n) is 2.98. The molecule has 0 N–H and O–H groups in total. The number of carbonyl (C=O) groups excluding carboxylic acids is 1. The number of carbonyl (C=O) groups is 1. The van der Waals surface area contributed by atoms with Crippen LogP contribution >= 0.6 is 0 Å².